The summed E-state index contributed by atoms with van der Waals surface area (Å²) < 4.78 is 55.0. The van der Waals surface area contributed by atoms with Crippen LogP contribution in [-0.2, 0) is 0 Å². The first kappa shape index (κ1) is 22.4. The zero-order valence-electron chi connectivity index (χ0n) is 12.9. The Labute approximate surface area is 146 Å². The number of benzene rings is 1. The van der Waals surface area contributed by atoms with E-state index in [0.717, 1.165) is 12.8 Å². The van der Waals surface area contributed by atoms with Gasteiger partial charge in [-0.1, -0.05) is 19.8 Å². The van der Waals surface area contributed by atoms with Crippen LogP contribution in [0.15, 0.2) is 6.07 Å². The van der Waals surface area contributed by atoms with Gasteiger partial charge in [-0.2, -0.15) is 0 Å². The molecule has 1 aliphatic rings. The summed E-state index contributed by atoms with van der Waals surface area (Å²) in [6.07, 6.45) is 2.07. The van der Waals surface area contributed by atoms with Crippen molar-refractivity contribution in [1.82, 2.24) is 10.2 Å². The molecular weight excluding hydrogens is 355 g/mol. The molecule has 1 heterocycles. The standard InChI is InChI=1S/C15H20F4N2.2ClH/c1-2-3-4-12(21-7-5-20-6-8-21)13-14(18)10(16)9-11(17)15(13)19;;/h9,12,20H,2-8H2,1H3;2*1H/t12-;;/m0../s1. The van der Waals surface area contributed by atoms with E-state index in [9.17, 15) is 17.6 Å². The van der Waals surface area contributed by atoms with Crippen LogP contribution in [0.25, 0.3) is 0 Å². The molecule has 0 saturated carbocycles. The maximum Gasteiger partial charge on any atom is 0.166 e. The van der Waals surface area contributed by atoms with E-state index >= 15 is 0 Å². The number of hydrogen-bond donors (Lipinski definition) is 1. The Bertz CT molecular complexity index is 471. The van der Waals surface area contributed by atoms with E-state index in [1.54, 1.807) is 0 Å². The summed E-state index contributed by atoms with van der Waals surface area (Å²) in [5.74, 6) is -5.21. The van der Waals surface area contributed by atoms with E-state index in [1.165, 1.54) is 0 Å². The summed E-state index contributed by atoms with van der Waals surface area (Å²) in [5, 5.41) is 3.15. The van der Waals surface area contributed by atoms with Gasteiger partial charge in [-0.15, -0.1) is 24.8 Å². The molecule has 1 atom stereocenters. The third-order valence-corrected chi connectivity index (χ3v) is 3.90. The summed E-state index contributed by atoms with van der Waals surface area (Å²) in [6, 6.07) is -0.361. The predicted octanol–water partition coefficient (Wildman–Crippen LogP) is 4.22. The van der Waals surface area contributed by atoms with Gasteiger partial charge in [0.25, 0.3) is 0 Å². The van der Waals surface area contributed by atoms with Gasteiger partial charge in [0.2, 0.25) is 0 Å². The van der Waals surface area contributed by atoms with Crippen molar-refractivity contribution >= 4 is 24.8 Å². The minimum absolute atomic E-state index is 0. The third kappa shape index (κ3) is 5.21. The molecule has 2 rings (SSSR count). The molecule has 0 radical (unpaired) electrons. The molecule has 134 valence electrons. The summed E-state index contributed by atoms with van der Waals surface area (Å²) in [5.41, 5.74) is -0.470. The third-order valence-electron chi connectivity index (χ3n) is 3.90. The summed E-state index contributed by atoms with van der Waals surface area (Å²) in [7, 11) is 0. The lowest BCUT2D eigenvalue weighted by Crippen LogP contribution is -2.45. The number of nitrogens with one attached hydrogen (secondary N) is 1. The van der Waals surface area contributed by atoms with Crippen molar-refractivity contribution in [3.8, 4) is 0 Å². The second kappa shape index (κ2) is 10.3. The van der Waals surface area contributed by atoms with Crippen molar-refractivity contribution in [3.63, 3.8) is 0 Å². The van der Waals surface area contributed by atoms with Gasteiger partial charge in [0.1, 0.15) is 0 Å². The van der Waals surface area contributed by atoms with Crippen LogP contribution >= 0.6 is 24.8 Å². The Balaban J connectivity index is 0.00000242. The van der Waals surface area contributed by atoms with E-state index in [1.807, 2.05) is 11.8 Å². The lowest BCUT2D eigenvalue weighted by atomic mass is 9.97. The number of nitrogens with zero attached hydrogens (tertiary/aromatic N) is 1. The van der Waals surface area contributed by atoms with Crippen LogP contribution in [0.5, 0.6) is 0 Å². The lowest BCUT2D eigenvalue weighted by Gasteiger charge is -2.35. The number of piperazine rings is 1. The number of rotatable bonds is 5. The van der Waals surface area contributed by atoms with E-state index in [0.29, 0.717) is 32.6 Å². The van der Waals surface area contributed by atoms with Crippen LogP contribution in [-0.4, -0.2) is 31.1 Å². The van der Waals surface area contributed by atoms with Gasteiger partial charge in [0, 0.05) is 43.9 Å². The predicted molar refractivity (Wildman–Crippen MR) is 87.5 cm³/mol. The van der Waals surface area contributed by atoms with Crippen LogP contribution in [0.3, 0.4) is 0 Å². The monoisotopic (exact) mass is 376 g/mol. The van der Waals surface area contributed by atoms with Gasteiger partial charge in [0.05, 0.1) is 0 Å². The topological polar surface area (TPSA) is 15.3 Å². The van der Waals surface area contributed by atoms with E-state index in [4.69, 9.17) is 0 Å². The van der Waals surface area contributed by atoms with Gasteiger partial charge >= 0.3 is 0 Å². The fourth-order valence-corrected chi connectivity index (χ4v) is 2.78. The molecule has 1 aliphatic heterocycles. The Morgan fingerprint density at radius 1 is 1.04 bits per heavy atom. The molecule has 1 aromatic rings. The van der Waals surface area contributed by atoms with Gasteiger partial charge in [0.15, 0.2) is 23.3 Å². The second-order valence-corrected chi connectivity index (χ2v) is 5.33. The van der Waals surface area contributed by atoms with E-state index in [2.05, 4.69) is 5.32 Å². The number of hydrogen-bond acceptors (Lipinski definition) is 2. The van der Waals surface area contributed by atoms with Crippen LogP contribution in [0.1, 0.15) is 37.8 Å². The molecule has 1 fully saturated rings. The summed E-state index contributed by atoms with van der Waals surface area (Å²) >= 11 is 0. The molecule has 0 unspecified atom stereocenters. The highest BCUT2D eigenvalue weighted by atomic mass is 35.5. The van der Waals surface area contributed by atoms with Crippen molar-refractivity contribution in [2.24, 2.45) is 0 Å². The van der Waals surface area contributed by atoms with Crippen LogP contribution in [0, 0.1) is 23.3 Å². The molecule has 2 nitrogen and oxygen atoms in total. The fourth-order valence-electron chi connectivity index (χ4n) is 2.78. The summed E-state index contributed by atoms with van der Waals surface area (Å²) in [6.45, 7) is 4.57. The maximum absolute atomic E-state index is 14.1. The molecular formula is C15H22Cl2F4N2. The van der Waals surface area contributed by atoms with Crippen LogP contribution in [0.4, 0.5) is 17.6 Å². The first-order valence-corrected chi connectivity index (χ1v) is 7.34. The normalized spacial score (nSPS) is 16.4. The molecule has 0 aromatic heterocycles. The Kier molecular flexibility index (Phi) is 10.1. The number of unbranched alkanes of at least 4 members (excludes halogenated alkanes) is 1. The molecule has 1 aromatic carbocycles. The van der Waals surface area contributed by atoms with Gasteiger partial charge in [-0.25, -0.2) is 17.6 Å². The smallest absolute Gasteiger partial charge is 0.166 e. The Hall–Kier alpha value is -0.560. The molecule has 23 heavy (non-hydrogen) atoms. The molecule has 1 N–H and O–H groups in total. The quantitative estimate of drug-likeness (QED) is 0.611. The average molecular weight is 377 g/mol. The molecule has 0 spiro atoms. The van der Waals surface area contributed by atoms with Crippen LogP contribution in [0.2, 0.25) is 0 Å². The van der Waals surface area contributed by atoms with Crippen molar-refractivity contribution in [1.29, 1.82) is 0 Å². The van der Waals surface area contributed by atoms with Gasteiger partial charge in [-0.05, 0) is 6.42 Å². The lowest BCUT2D eigenvalue weighted by molar-refractivity contribution is 0.154. The minimum atomic E-state index is -1.33. The average Bonchev–Trinajstić information content (AvgIpc) is 2.49. The van der Waals surface area contributed by atoms with Gasteiger partial charge < -0.3 is 5.32 Å². The van der Waals surface area contributed by atoms with E-state index < -0.39 is 34.9 Å². The van der Waals surface area contributed by atoms with E-state index in [-0.39, 0.29) is 30.9 Å². The Morgan fingerprint density at radius 2 is 1.57 bits per heavy atom. The first-order chi connectivity index (χ1) is 10.1. The zero-order chi connectivity index (χ0) is 15.4. The maximum atomic E-state index is 14.1. The van der Waals surface area contributed by atoms with Crippen LogP contribution < -0.4 is 5.32 Å². The SMILES string of the molecule is CCCC[C@@H](c1c(F)c(F)cc(F)c1F)N1CCNCC1.Cl.Cl. The largest absolute Gasteiger partial charge is 0.314 e. The zero-order valence-corrected chi connectivity index (χ0v) is 14.5. The molecule has 0 bridgehead atoms. The van der Waals surface area contributed by atoms with Crippen molar-refractivity contribution in [2.75, 3.05) is 26.2 Å². The van der Waals surface area contributed by atoms with Crippen molar-refractivity contribution in [2.45, 2.75) is 32.2 Å². The Morgan fingerprint density at radius 3 is 2.04 bits per heavy atom. The second-order valence-electron chi connectivity index (χ2n) is 5.33. The molecule has 0 aliphatic carbocycles. The van der Waals surface area contributed by atoms with Crippen molar-refractivity contribution < 1.29 is 17.6 Å². The molecule has 8 heteroatoms. The highest BCUT2D eigenvalue weighted by molar-refractivity contribution is 5.85. The number of halogens is 6. The first-order valence-electron chi connectivity index (χ1n) is 7.34. The summed E-state index contributed by atoms with van der Waals surface area (Å²) in [4.78, 5) is 1.90. The van der Waals surface area contributed by atoms with Crippen molar-refractivity contribution in [3.05, 3.63) is 34.9 Å². The highest BCUT2D eigenvalue weighted by Gasteiger charge is 2.30. The highest BCUT2D eigenvalue weighted by Crippen LogP contribution is 2.33. The molecule has 0 amide bonds. The minimum Gasteiger partial charge on any atom is -0.314 e. The fraction of sp³-hybridized carbons (Fsp3) is 0.600. The molecule has 1 saturated heterocycles. The van der Waals surface area contributed by atoms with Gasteiger partial charge in [-0.3, -0.25) is 4.90 Å².